The Kier molecular flexibility index (Phi) is 3.69. The third-order valence-electron chi connectivity index (χ3n) is 2.51. The molecule has 1 unspecified atom stereocenters. The number of likely N-dealkylation sites (N-methyl/N-ethyl adjacent to an activating group) is 1. The lowest BCUT2D eigenvalue weighted by atomic mass is 10.2. The second-order valence-corrected chi connectivity index (χ2v) is 3.77. The molecule has 76 valence electrons. The van der Waals surface area contributed by atoms with E-state index in [4.69, 9.17) is 5.73 Å². The van der Waals surface area contributed by atoms with E-state index in [1.807, 2.05) is 6.92 Å². The number of hydrogen-bond donors (Lipinski definition) is 2. The molecule has 0 aliphatic carbocycles. The fraction of sp³-hybridized carbons (Fsp3) is 0.889. The summed E-state index contributed by atoms with van der Waals surface area (Å²) in [4.78, 5) is 13.6. The zero-order valence-electron chi connectivity index (χ0n) is 8.42. The summed E-state index contributed by atoms with van der Waals surface area (Å²) >= 11 is 0. The number of nitrogens with zero attached hydrogens (tertiary/aromatic N) is 1. The van der Waals surface area contributed by atoms with Crippen LogP contribution in [0.5, 0.6) is 0 Å². The average Bonchev–Trinajstić information content (AvgIpc) is 2.49. The van der Waals surface area contributed by atoms with Gasteiger partial charge in [0, 0.05) is 12.6 Å². The van der Waals surface area contributed by atoms with Gasteiger partial charge in [-0.1, -0.05) is 6.92 Å². The van der Waals surface area contributed by atoms with Crippen LogP contribution >= 0.6 is 0 Å². The first-order valence-electron chi connectivity index (χ1n) is 4.88. The quantitative estimate of drug-likeness (QED) is 0.626. The molecule has 13 heavy (non-hydrogen) atoms. The third-order valence-corrected chi connectivity index (χ3v) is 2.51. The van der Waals surface area contributed by atoms with Gasteiger partial charge in [0.15, 0.2) is 0 Å². The van der Waals surface area contributed by atoms with Gasteiger partial charge in [0.05, 0.1) is 6.04 Å². The summed E-state index contributed by atoms with van der Waals surface area (Å²) in [6.07, 6.45) is 1.74. The first-order chi connectivity index (χ1) is 6.13. The molecule has 1 aliphatic rings. The average molecular weight is 185 g/mol. The van der Waals surface area contributed by atoms with E-state index in [2.05, 4.69) is 17.3 Å². The van der Waals surface area contributed by atoms with Crippen molar-refractivity contribution in [3.8, 4) is 0 Å². The Hall–Kier alpha value is -0.610. The minimum absolute atomic E-state index is 0.0113. The molecule has 0 radical (unpaired) electrons. The number of nitrogens with two attached hydrogens (primary N) is 1. The summed E-state index contributed by atoms with van der Waals surface area (Å²) in [7, 11) is 2.06. The molecule has 0 aromatic rings. The molecule has 1 amide bonds. The maximum absolute atomic E-state index is 11.4. The molecule has 0 saturated carbocycles. The summed E-state index contributed by atoms with van der Waals surface area (Å²) < 4.78 is 0. The molecular formula is C9H19N3O. The van der Waals surface area contributed by atoms with E-state index in [1.54, 1.807) is 0 Å². The molecule has 3 N–H and O–H groups in total. The highest BCUT2D eigenvalue weighted by atomic mass is 16.2. The lowest BCUT2D eigenvalue weighted by molar-refractivity contribution is -0.123. The molecule has 0 bridgehead atoms. The van der Waals surface area contributed by atoms with Crippen LogP contribution < -0.4 is 11.1 Å². The number of carbonyl (C=O) groups is 1. The van der Waals surface area contributed by atoms with Crippen molar-refractivity contribution in [1.29, 1.82) is 0 Å². The van der Waals surface area contributed by atoms with E-state index in [1.165, 1.54) is 0 Å². The van der Waals surface area contributed by atoms with Gasteiger partial charge in [-0.05, 0) is 26.4 Å². The van der Waals surface area contributed by atoms with Crippen molar-refractivity contribution in [2.45, 2.75) is 31.8 Å². The Balaban J connectivity index is 2.28. The largest absolute Gasteiger partial charge is 0.351 e. The van der Waals surface area contributed by atoms with Crippen LogP contribution in [0.3, 0.4) is 0 Å². The van der Waals surface area contributed by atoms with Gasteiger partial charge >= 0.3 is 0 Å². The standard InChI is InChI=1S/C9H19N3O/c1-3-8(10)9(13)11-7-4-5-12(2)6-7/h7-8H,3-6,10H2,1-2H3,(H,11,13)/t7?,8-/m0/s1. The maximum Gasteiger partial charge on any atom is 0.237 e. The topological polar surface area (TPSA) is 58.4 Å². The van der Waals surface area contributed by atoms with Crippen molar-refractivity contribution in [3.63, 3.8) is 0 Å². The van der Waals surface area contributed by atoms with Crippen LogP contribution in [-0.4, -0.2) is 43.0 Å². The lowest BCUT2D eigenvalue weighted by Crippen LogP contribution is -2.45. The third kappa shape index (κ3) is 2.97. The molecule has 4 heteroatoms. The summed E-state index contributed by atoms with van der Waals surface area (Å²) in [5.74, 6) is -0.0113. The first-order valence-corrected chi connectivity index (χ1v) is 4.88. The van der Waals surface area contributed by atoms with Crippen LogP contribution in [0.4, 0.5) is 0 Å². The highest BCUT2D eigenvalue weighted by Crippen LogP contribution is 2.06. The van der Waals surface area contributed by atoms with E-state index in [0.717, 1.165) is 19.5 Å². The monoisotopic (exact) mass is 185 g/mol. The molecule has 2 atom stereocenters. The van der Waals surface area contributed by atoms with Crippen molar-refractivity contribution in [3.05, 3.63) is 0 Å². The van der Waals surface area contributed by atoms with Crippen LogP contribution in [-0.2, 0) is 4.79 Å². The number of likely N-dealkylation sites (tertiary alicyclic amines) is 1. The van der Waals surface area contributed by atoms with E-state index in [9.17, 15) is 4.79 Å². The normalized spacial score (nSPS) is 25.9. The second kappa shape index (κ2) is 4.58. The SMILES string of the molecule is CC[C@H](N)C(=O)NC1CCN(C)C1. The second-order valence-electron chi connectivity index (χ2n) is 3.77. The molecule has 1 rings (SSSR count). The number of rotatable bonds is 3. The van der Waals surface area contributed by atoms with Crippen molar-refractivity contribution in [2.24, 2.45) is 5.73 Å². The number of hydrogen-bond acceptors (Lipinski definition) is 3. The van der Waals surface area contributed by atoms with Gasteiger partial charge in [0.25, 0.3) is 0 Å². The molecule has 1 heterocycles. The summed E-state index contributed by atoms with van der Waals surface area (Å²) in [6.45, 7) is 3.93. The van der Waals surface area contributed by atoms with Crippen molar-refractivity contribution in [2.75, 3.05) is 20.1 Å². The van der Waals surface area contributed by atoms with Crippen LogP contribution in [0.25, 0.3) is 0 Å². The fourth-order valence-electron chi connectivity index (χ4n) is 1.55. The highest BCUT2D eigenvalue weighted by molar-refractivity contribution is 5.81. The van der Waals surface area contributed by atoms with E-state index in [-0.39, 0.29) is 11.9 Å². The minimum atomic E-state index is -0.342. The fourth-order valence-corrected chi connectivity index (χ4v) is 1.55. The molecule has 0 aromatic carbocycles. The molecule has 4 nitrogen and oxygen atoms in total. The molecule has 0 aromatic heterocycles. The van der Waals surface area contributed by atoms with Crippen LogP contribution in [0, 0.1) is 0 Å². The Morgan fingerprint density at radius 1 is 1.77 bits per heavy atom. The predicted octanol–water partition coefficient (Wildman–Crippen LogP) is -0.456. The van der Waals surface area contributed by atoms with Gasteiger partial charge in [-0.3, -0.25) is 4.79 Å². The smallest absolute Gasteiger partial charge is 0.237 e. The van der Waals surface area contributed by atoms with Gasteiger partial charge in [-0.15, -0.1) is 0 Å². The van der Waals surface area contributed by atoms with E-state index >= 15 is 0 Å². The Bertz CT molecular complexity index is 184. The summed E-state index contributed by atoms with van der Waals surface area (Å²) in [5, 5.41) is 2.95. The van der Waals surface area contributed by atoms with Crippen LogP contribution in [0.2, 0.25) is 0 Å². The van der Waals surface area contributed by atoms with E-state index < -0.39 is 0 Å². The number of nitrogens with one attached hydrogen (secondary N) is 1. The summed E-state index contributed by atoms with van der Waals surface area (Å²) in [6, 6.07) is -0.0407. The number of amides is 1. The molecule has 1 fully saturated rings. The maximum atomic E-state index is 11.4. The van der Waals surface area contributed by atoms with Crippen molar-refractivity contribution in [1.82, 2.24) is 10.2 Å². The Morgan fingerprint density at radius 3 is 2.92 bits per heavy atom. The predicted molar refractivity (Wildman–Crippen MR) is 52.3 cm³/mol. The van der Waals surface area contributed by atoms with E-state index in [0.29, 0.717) is 12.5 Å². The lowest BCUT2D eigenvalue weighted by Gasteiger charge is -2.15. The zero-order valence-corrected chi connectivity index (χ0v) is 8.42. The Labute approximate surface area is 79.5 Å². The summed E-state index contributed by atoms with van der Waals surface area (Å²) in [5.41, 5.74) is 5.60. The zero-order chi connectivity index (χ0) is 9.84. The molecule has 1 saturated heterocycles. The van der Waals surface area contributed by atoms with Gasteiger partial charge in [-0.2, -0.15) is 0 Å². The van der Waals surface area contributed by atoms with Gasteiger partial charge < -0.3 is 16.0 Å². The Morgan fingerprint density at radius 2 is 2.46 bits per heavy atom. The highest BCUT2D eigenvalue weighted by Gasteiger charge is 2.22. The minimum Gasteiger partial charge on any atom is -0.351 e. The molecular weight excluding hydrogens is 166 g/mol. The van der Waals surface area contributed by atoms with Gasteiger partial charge in [-0.25, -0.2) is 0 Å². The number of carbonyl (C=O) groups excluding carboxylic acids is 1. The molecule has 0 spiro atoms. The van der Waals surface area contributed by atoms with Crippen molar-refractivity contribution < 1.29 is 4.79 Å². The van der Waals surface area contributed by atoms with Gasteiger partial charge in [0.1, 0.15) is 0 Å². The molecule has 1 aliphatic heterocycles. The van der Waals surface area contributed by atoms with Crippen LogP contribution in [0.15, 0.2) is 0 Å². The van der Waals surface area contributed by atoms with Crippen molar-refractivity contribution >= 4 is 5.91 Å². The van der Waals surface area contributed by atoms with Gasteiger partial charge in [0.2, 0.25) is 5.91 Å². The van der Waals surface area contributed by atoms with Crippen LogP contribution in [0.1, 0.15) is 19.8 Å². The first kappa shape index (κ1) is 10.5.